The lowest BCUT2D eigenvalue weighted by atomic mass is 10.1. The van der Waals surface area contributed by atoms with E-state index in [1.54, 1.807) is 18.3 Å². The third-order valence-electron chi connectivity index (χ3n) is 5.34. The molecule has 2 aromatic carbocycles. The van der Waals surface area contributed by atoms with Crippen LogP contribution in [0.2, 0.25) is 0 Å². The van der Waals surface area contributed by atoms with Gasteiger partial charge in [0.2, 0.25) is 5.91 Å². The number of rotatable bonds is 3. The van der Waals surface area contributed by atoms with Crippen molar-refractivity contribution in [1.82, 2.24) is 9.88 Å². The Morgan fingerprint density at radius 3 is 2.45 bits per heavy atom. The maximum Gasteiger partial charge on any atom is 0.254 e. The van der Waals surface area contributed by atoms with Gasteiger partial charge < -0.3 is 15.1 Å². The number of anilines is 2. The number of aryl methyl sites for hydroxylation is 1. The minimum absolute atomic E-state index is 0.00167. The number of carbonyl (C=O) groups is 2. The highest BCUT2D eigenvalue weighted by molar-refractivity contribution is 6.10. The fourth-order valence-electron chi connectivity index (χ4n) is 3.89. The number of hydrogen-bond acceptors (Lipinski definition) is 4. The van der Waals surface area contributed by atoms with Gasteiger partial charge in [0.15, 0.2) is 0 Å². The minimum Gasteiger partial charge on any atom is -0.368 e. The summed E-state index contributed by atoms with van der Waals surface area (Å²) in [7, 11) is 0. The molecule has 2 heterocycles. The zero-order valence-corrected chi connectivity index (χ0v) is 16.7. The molecule has 0 spiro atoms. The van der Waals surface area contributed by atoms with E-state index < -0.39 is 0 Å². The molecule has 148 valence electrons. The van der Waals surface area contributed by atoms with Crippen LogP contribution in [0.5, 0.6) is 0 Å². The first-order valence-corrected chi connectivity index (χ1v) is 9.80. The van der Waals surface area contributed by atoms with Crippen LogP contribution in [0.25, 0.3) is 10.9 Å². The van der Waals surface area contributed by atoms with Crippen molar-refractivity contribution >= 4 is 34.1 Å². The molecule has 0 atom stereocenters. The largest absolute Gasteiger partial charge is 0.368 e. The van der Waals surface area contributed by atoms with Gasteiger partial charge in [0.05, 0.1) is 16.8 Å². The Bertz CT molecular complexity index is 1070. The Morgan fingerprint density at radius 1 is 0.966 bits per heavy atom. The summed E-state index contributed by atoms with van der Waals surface area (Å²) in [6, 6.07) is 15.6. The SMILES string of the molecule is CC(=O)Nc1cccc2c(C(=O)N3CCN(c4ccccc4C)CC3)ccnc12. The molecule has 1 aromatic heterocycles. The predicted octanol–water partition coefficient (Wildman–Crippen LogP) is 3.46. The van der Waals surface area contributed by atoms with Crippen LogP contribution in [0.1, 0.15) is 22.8 Å². The van der Waals surface area contributed by atoms with Crippen molar-refractivity contribution in [1.29, 1.82) is 0 Å². The van der Waals surface area contributed by atoms with Gasteiger partial charge >= 0.3 is 0 Å². The number of carbonyl (C=O) groups excluding carboxylic acids is 2. The Balaban J connectivity index is 1.56. The molecule has 3 aromatic rings. The summed E-state index contributed by atoms with van der Waals surface area (Å²) in [5, 5.41) is 3.54. The molecular formula is C23H24N4O2. The molecule has 1 aliphatic rings. The molecule has 6 nitrogen and oxygen atoms in total. The number of aromatic nitrogens is 1. The number of para-hydroxylation sites is 2. The molecule has 4 rings (SSSR count). The second-order valence-electron chi connectivity index (χ2n) is 7.31. The summed E-state index contributed by atoms with van der Waals surface area (Å²) in [5.41, 5.74) is 4.35. The van der Waals surface area contributed by atoms with Crippen LogP contribution in [0.15, 0.2) is 54.7 Å². The van der Waals surface area contributed by atoms with Gasteiger partial charge in [0.1, 0.15) is 0 Å². The Morgan fingerprint density at radius 2 is 1.72 bits per heavy atom. The minimum atomic E-state index is -0.164. The zero-order chi connectivity index (χ0) is 20.4. The second kappa shape index (κ2) is 7.91. The van der Waals surface area contributed by atoms with Crippen LogP contribution in [-0.2, 0) is 4.79 Å². The van der Waals surface area contributed by atoms with Crippen LogP contribution in [0.4, 0.5) is 11.4 Å². The summed E-state index contributed by atoms with van der Waals surface area (Å²) in [6.45, 7) is 6.52. The van der Waals surface area contributed by atoms with Crippen molar-refractivity contribution in [3.63, 3.8) is 0 Å². The van der Waals surface area contributed by atoms with Crippen LogP contribution in [-0.4, -0.2) is 47.9 Å². The molecule has 0 saturated carbocycles. The van der Waals surface area contributed by atoms with Gasteiger partial charge in [-0.15, -0.1) is 0 Å². The number of amides is 2. The van der Waals surface area contributed by atoms with Gasteiger partial charge in [-0.1, -0.05) is 30.3 Å². The number of nitrogens with zero attached hydrogens (tertiary/aromatic N) is 3. The van der Waals surface area contributed by atoms with Crippen molar-refractivity contribution in [2.75, 3.05) is 36.4 Å². The molecule has 29 heavy (non-hydrogen) atoms. The molecule has 0 radical (unpaired) electrons. The van der Waals surface area contributed by atoms with E-state index in [9.17, 15) is 9.59 Å². The Hall–Kier alpha value is -3.41. The third-order valence-corrected chi connectivity index (χ3v) is 5.34. The summed E-state index contributed by atoms with van der Waals surface area (Å²) in [5.74, 6) is -0.162. The van der Waals surface area contributed by atoms with E-state index in [1.807, 2.05) is 23.1 Å². The van der Waals surface area contributed by atoms with E-state index in [4.69, 9.17) is 0 Å². The predicted molar refractivity (Wildman–Crippen MR) is 115 cm³/mol. The molecule has 0 bridgehead atoms. The van der Waals surface area contributed by atoms with Crippen molar-refractivity contribution in [2.24, 2.45) is 0 Å². The fourth-order valence-corrected chi connectivity index (χ4v) is 3.89. The van der Waals surface area contributed by atoms with E-state index in [1.165, 1.54) is 18.2 Å². The lowest BCUT2D eigenvalue weighted by Gasteiger charge is -2.37. The molecule has 0 aliphatic carbocycles. The van der Waals surface area contributed by atoms with Gasteiger partial charge in [-0.3, -0.25) is 14.6 Å². The van der Waals surface area contributed by atoms with Gasteiger partial charge in [0, 0.05) is 50.4 Å². The Labute approximate surface area is 170 Å². The highest BCUT2D eigenvalue weighted by Gasteiger charge is 2.24. The average molecular weight is 388 g/mol. The first kappa shape index (κ1) is 18.9. The lowest BCUT2D eigenvalue weighted by Crippen LogP contribution is -2.49. The maximum absolute atomic E-state index is 13.2. The summed E-state index contributed by atoms with van der Waals surface area (Å²) in [6.07, 6.45) is 1.63. The zero-order valence-electron chi connectivity index (χ0n) is 16.7. The van der Waals surface area contributed by atoms with Crippen molar-refractivity contribution < 1.29 is 9.59 Å². The molecule has 1 fully saturated rings. The van der Waals surface area contributed by atoms with Crippen LogP contribution >= 0.6 is 0 Å². The standard InChI is InChI=1S/C23H24N4O2/c1-16-6-3-4-9-21(16)26-12-14-27(15-13-26)23(29)19-10-11-24-22-18(19)7-5-8-20(22)25-17(2)28/h3-11H,12-15H2,1-2H3,(H,25,28). The van der Waals surface area contributed by atoms with Gasteiger partial charge in [0.25, 0.3) is 5.91 Å². The van der Waals surface area contributed by atoms with Crippen molar-refractivity contribution in [3.05, 3.63) is 65.9 Å². The fraction of sp³-hybridized carbons (Fsp3) is 0.261. The number of nitrogens with one attached hydrogen (secondary N) is 1. The maximum atomic E-state index is 13.2. The topological polar surface area (TPSA) is 65.5 Å². The summed E-state index contributed by atoms with van der Waals surface area (Å²) in [4.78, 5) is 33.3. The monoisotopic (exact) mass is 388 g/mol. The molecule has 1 aliphatic heterocycles. The van der Waals surface area contributed by atoms with Gasteiger partial charge in [-0.25, -0.2) is 0 Å². The normalized spacial score (nSPS) is 14.1. The van der Waals surface area contributed by atoms with E-state index in [0.717, 1.165) is 18.5 Å². The molecule has 1 N–H and O–H groups in total. The number of benzene rings is 2. The first-order chi connectivity index (χ1) is 14.0. The number of piperazine rings is 1. The van der Waals surface area contributed by atoms with E-state index in [0.29, 0.717) is 29.9 Å². The number of hydrogen-bond donors (Lipinski definition) is 1. The van der Waals surface area contributed by atoms with Crippen molar-refractivity contribution in [3.8, 4) is 0 Å². The van der Waals surface area contributed by atoms with Crippen LogP contribution in [0.3, 0.4) is 0 Å². The first-order valence-electron chi connectivity index (χ1n) is 9.80. The number of pyridine rings is 1. The lowest BCUT2D eigenvalue weighted by molar-refractivity contribution is -0.114. The van der Waals surface area contributed by atoms with Crippen LogP contribution < -0.4 is 10.2 Å². The Kier molecular flexibility index (Phi) is 5.16. The smallest absolute Gasteiger partial charge is 0.254 e. The highest BCUT2D eigenvalue weighted by Crippen LogP contribution is 2.26. The van der Waals surface area contributed by atoms with Crippen molar-refractivity contribution in [2.45, 2.75) is 13.8 Å². The molecular weight excluding hydrogens is 364 g/mol. The second-order valence-corrected chi connectivity index (χ2v) is 7.31. The number of fused-ring (bicyclic) bond motifs is 1. The van der Waals surface area contributed by atoms with Crippen LogP contribution in [0, 0.1) is 6.92 Å². The van der Waals surface area contributed by atoms with E-state index in [2.05, 4.69) is 40.3 Å². The summed E-state index contributed by atoms with van der Waals surface area (Å²) >= 11 is 0. The van der Waals surface area contributed by atoms with Gasteiger partial charge in [-0.05, 0) is 30.7 Å². The highest BCUT2D eigenvalue weighted by atomic mass is 16.2. The molecule has 6 heteroatoms. The van der Waals surface area contributed by atoms with Gasteiger partial charge in [-0.2, -0.15) is 0 Å². The van der Waals surface area contributed by atoms with E-state index in [-0.39, 0.29) is 11.8 Å². The average Bonchev–Trinajstić information content (AvgIpc) is 2.73. The molecule has 1 saturated heterocycles. The quantitative estimate of drug-likeness (QED) is 0.746. The molecule has 0 unspecified atom stereocenters. The molecule has 2 amide bonds. The third kappa shape index (κ3) is 3.78. The summed E-state index contributed by atoms with van der Waals surface area (Å²) < 4.78 is 0. The van der Waals surface area contributed by atoms with E-state index >= 15 is 0 Å².